The van der Waals surface area contributed by atoms with Gasteiger partial charge >= 0.3 is 0 Å². The van der Waals surface area contributed by atoms with Gasteiger partial charge in [0.15, 0.2) is 17.3 Å². The van der Waals surface area contributed by atoms with Crippen molar-refractivity contribution >= 4 is 5.78 Å². The van der Waals surface area contributed by atoms with E-state index in [0.717, 1.165) is 11.1 Å². The molecule has 110 valence electrons. The first-order valence-electron chi connectivity index (χ1n) is 6.97. The second-order valence-corrected chi connectivity index (χ2v) is 5.50. The number of Topliss-reactive ketones (excluding diaryl/α,β-unsaturated/α-hetero) is 1. The fourth-order valence-corrected chi connectivity index (χ4v) is 2.13. The number of hydrogen-bond acceptors (Lipinski definition) is 2. The van der Waals surface area contributed by atoms with Gasteiger partial charge in [-0.2, -0.15) is 0 Å². The van der Waals surface area contributed by atoms with Gasteiger partial charge in [0.2, 0.25) is 0 Å². The van der Waals surface area contributed by atoms with E-state index < -0.39 is 5.82 Å². The van der Waals surface area contributed by atoms with Crippen molar-refractivity contribution in [1.82, 2.24) is 0 Å². The van der Waals surface area contributed by atoms with E-state index in [0.29, 0.717) is 11.3 Å². The number of carbonyl (C=O) groups is 1. The quantitative estimate of drug-likeness (QED) is 0.717. The van der Waals surface area contributed by atoms with Gasteiger partial charge in [0.25, 0.3) is 0 Å². The molecule has 0 radical (unpaired) electrons. The van der Waals surface area contributed by atoms with Gasteiger partial charge in [-0.25, -0.2) is 4.39 Å². The summed E-state index contributed by atoms with van der Waals surface area (Å²) in [5.74, 6) is 0.366. The third-order valence-corrected chi connectivity index (χ3v) is 3.35. The predicted molar refractivity (Wildman–Crippen MR) is 81.7 cm³/mol. The normalized spacial score (nSPS) is 10.8. The molecule has 0 fully saturated rings. The number of halogens is 1. The first kappa shape index (κ1) is 15.2. The molecule has 0 bridgehead atoms. The zero-order valence-electron chi connectivity index (χ0n) is 12.7. The van der Waals surface area contributed by atoms with Crippen molar-refractivity contribution in [3.05, 3.63) is 58.9 Å². The molecule has 0 unspecified atom stereocenters. The third kappa shape index (κ3) is 3.48. The Kier molecular flexibility index (Phi) is 4.41. The van der Waals surface area contributed by atoms with E-state index >= 15 is 0 Å². The Morgan fingerprint density at radius 1 is 1.10 bits per heavy atom. The minimum Gasteiger partial charge on any atom is -0.454 e. The molecule has 0 aliphatic heterocycles. The summed E-state index contributed by atoms with van der Waals surface area (Å²) in [6.45, 7) is 7.50. The van der Waals surface area contributed by atoms with Gasteiger partial charge < -0.3 is 4.74 Å². The number of rotatable bonds is 4. The number of hydrogen-bond donors (Lipinski definition) is 0. The molecular formula is C18H19FO2. The van der Waals surface area contributed by atoms with Crippen molar-refractivity contribution in [2.45, 2.75) is 33.6 Å². The molecule has 2 rings (SSSR count). The van der Waals surface area contributed by atoms with E-state index in [1.807, 2.05) is 25.1 Å². The number of aryl methyl sites for hydroxylation is 1. The highest BCUT2D eigenvalue weighted by Gasteiger charge is 2.13. The van der Waals surface area contributed by atoms with E-state index in [1.165, 1.54) is 19.1 Å². The van der Waals surface area contributed by atoms with Crippen LogP contribution in [0.2, 0.25) is 0 Å². The highest BCUT2D eigenvalue weighted by atomic mass is 19.1. The lowest BCUT2D eigenvalue weighted by Gasteiger charge is -2.15. The van der Waals surface area contributed by atoms with Crippen LogP contribution in [0.5, 0.6) is 11.5 Å². The summed E-state index contributed by atoms with van der Waals surface area (Å²) >= 11 is 0. The Hall–Kier alpha value is -2.16. The van der Waals surface area contributed by atoms with E-state index in [1.54, 1.807) is 6.07 Å². The lowest BCUT2D eigenvalue weighted by atomic mass is 10.0. The lowest BCUT2D eigenvalue weighted by molar-refractivity contribution is 0.101. The molecule has 0 amide bonds. The largest absolute Gasteiger partial charge is 0.454 e. The molecule has 0 aliphatic rings. The summed E-state index contributed by atoms with van der Waals surface area (Å²) in [4.78, 5) is 11.2. The van der Waals surface area contributed by atoms with Gasteiger partial charge in [-0.1, -0.05) is 26.0 Å². The maximum atomic E-state index is 14.1. The van der Waals surface area contributed by atoms with Crippen molar-refractivity contribution in [1.29, 1.82) is 0 Å². The highest BCUT2D eigenvalue weighted by Crippen LogP contribution is 2.32. The van der Waals surface area contributed by atoms with Gasteiger partial charge in [-0.3, -0.25) is 4.79 Å². The van der Waals surface area contributed by atoms with Crippen LogP contribution in [0, 0.1) is 12.7 Å². The smallest absolute Gasteiger partial charge is 0.166 e. The number of benzene rings is 2. The number of ketones is 1. The van der Waals surface area contributed by atoms with Crippen LogP contribution in [0.4, 0.5) is 4.39 Å². The van der Waals surface area contributed by atoms with Crippen molar-refractivity contribution in [3.63, 3.8) is 0 Å². The predicted octanol–water partition coefficient (Wildman–Crippen LogP) is 5.25. The second kappa shape index (κ2) is 6.08. The molecule has 0 aromatic heterocycles. The van der Waals surface area contributed by atoms with Crippen LogP contribution in [0.25, 0.3) is 0 Å². The van der Waals surface area contributed by atoms with E-state index in [9.17, 15) is 9.18 Å². The van der Waals surface area contributed by atoms with E-state index in [4.69, 9.17) is 4.74 Å². The first-order chi connectivity index (χ1) is 9.88. The first-order valence-corrected chi connectivity index (χ1v) is 6.97. The molecule has 0 aliphatic carbocycles. The summed E-state index contributed by atoms with van der Waals surface area (Å²) in [7, 11) is 0. The van der Waals surface area contributed by atoms with Crippen LogP contribution in [-0.2, 0) is 0 Å². The number of ether oxygens (including phenoxy) is 1. The topological polar surface area (TPSA) is 26.3 Å². The molecule has 2 nitrogen and oxygen atoms in total. The summed E-state index contributed by atoms with van der Waals surface area (Å²) in [5, 5.41) is 0. The highest BCUT2D eigenvalue weighted by molar-refractivity contribution is 5.94. The van der Waals surface area contributed by atoms with Crippen LogP contribution >= 0.6 is 0 Å². The Labute approximate surface area is 124 Å². The zero-order valence-corrected chi connectivity index (χ0v) is 12.7. The summed E-state index contributed by atoms with van der Waals surface area (Å²) < 4.78 is 19.8. The van der Waals surface area contributed by atoms with Crippen molar-refractivity contribution in [2.75, 3.05) is 0 Å². The Morgan fingerprint density at radius 3 is 2.38 bits per heavy atom. The fraction of sp³-hybridized carbons (Fsp3) is 0.278. The molecular weight excluding hydrogens is 267 g/mol. The molecule has 0 saturated heterocycles. The zero-order chi connectivity index (χ0) is 15.6. The minimum absolute atomic E-state index is 0.132. The van der Waals surface area contributed by atoms with Gasteiger partial charge in [-0.05, 0) is 55.2 Å². The monoisotopic (exact) mass is 286 g/mol. The maximum absolute atomic E-state index is 14.1. The Bertz CT molecular complexity index is 675. The Balaban J connectivity index is 2.38. The van der Waals surface area contributed by atoms with Crippen LogP contribution < -0.4 is 4.74 Å². The van der Waals surface area contributed by atoms with Crippen LogP contribution in [0.3, 0.4) is 0 Å². The number of carbonyl (C=O) groups excluding carboxylic acids is 1. The van der Waals surface area contributed by atoms with Crippen molar-refractivity contribution in [2.24, 2.45) is 0 Å². The summed E-state index contributed by atoms with van der Waals surface area (Å²) in [6.07, 6.45) is 0. The van der Waals surface area contributed by atoms with Crippen LogP contribution in [0.15, 0.2) is 36.4 Å². The molecule has 2 aromatic carbocycles. The molecule has 0 atom stereocenters. The fourth-order valence-electron chi connectivity index (χ4n) is 2.13. The van der Waals surface area contributed by atoms with E-state index in [-0.39, 0.29) is 17.5 Å². The van der Waals surface area contributed by atoms with Gasteiger partial charge in [0.1, 0.15) is 5.75 Å². The molecule has 0 N–H and O–H groups in total. The van der Waals surface area contributed by atoms with E-state index in [2.05, 4.69) is 13.8 Å². The van der Waals surface area contributed by atoms with Gasteiger partial charge in [0, 0.05) is 5.56 Å². The Morgan fingerprint density at radius 2 is 1.81 bits per heavy atom. The van der Waals surface area contributed by atoms with Crippen LogP contribution in [-0.4, -0.2) is 5.78 Å². The molecule has 0 spiro atoms. The van der Waals surface area contributed by atoms with Crippen molar-refractivity contribution < 1.29 is 13.9 Å². The minimum atomic E-state index is -0.529. The molecule has 3 heteroatoms. The summed E-state index contributed by atoms with van der Waals surface area (Å²) in [5.41, 5.74) is 2.42. The average Bonchev–Trinajstić information content (AvgIpc) is 2.40. The molecule has 0 heterocycles. The molecule has 2 aromatic rings. The molecule has 21 heavy (non-hydrogen) atoms. The second-order valence-electron chi connectivity index (χ2n) is 5.50. The third-order valence-electron chi connectivity index (χ3n) is 3.35. The standard InChI is InChI=1S/C18H19FO2/c1-11(2)15-7-5-12(3)9-18(15)21-17-8-6-14(13(4)20)10-16(17)19/h5-11H,1-4H3. The molecule has 0 saturated carbocycles. The van der Waals surface area contributed by atoms with Crippen molar-refractivity contribution in [3.8, 4) is 11.5 Å². The summed E-state index contributed by atoms with van der Waals surface area (Å²) in [6, 6.07) is 10.2. The van der Waals surface area contributed by atoms with Gasteiger partial charge in [0.05, 0.1) is 0 Å². The lowest BCUT2D eigenvalue weighted by Crippen LogP contribution is -1.98. The maximum Gasteiger partial charge on any atom is 0.166 e. The van der Waals surface area contributed by atoms with Crippen LogP contribution in [0.1, 0.15) is 48.2 Å². The SMILES string of the molecule is CC(=O)c1ccc(Oc2cc(C)ccc2C(C)C)c(F)c1. The average molecular weight is 286 g/mol. The van der Waals surface area contributed by atoms with Gasteiger partial charge in [-0.15, -0.1) is 0 Å².